The maximum atomic E-state index is 13.7. The number of nitrogens with two attached hydrogens (primary N) is 1. The lowest BCUT2D eigenvalue weighted by Gasteiger charge is -2.16. The number of amides is 1. The summed E-state index contributed by atoms with van der Waals surface area (Å²) in [6, 6.07) is 11.2. The molecule has 2 aromatic rings. The Bertz CT molecular complexity index is 640. The van der Waals surface area contributed by atoms with Gasteiger partial charge < -0.3 is 11.1 Å². The third-order valence-electron chi connectivity index (χ3n) is 3.34. The normalized spacial score (nSPS) is 11.9. The summed E-state index contributed by atoms with van der Waals surface area (Å²) in [5.74, 6) is -0.588. The summed E-state index contributed by atoms with van der Waals surface area (Å²) in [5, 5.41) is 2.79. The van der Waals surface area contributed by atoms with Crippen LogP contribution in [0.2, 0.25) is 0 Å². The molecular formula is C16H17FN2O. The van der Waals surface area contributed by atoms with Gasteiger partial charge in [-0.2, -0.15) is 0 Å². The van der Waals surface area contributed by atoms with Crippen LogP contribution < -0.4 is 11.1 Å². The first kappa shape index (κ1) is 14.1. The molecule has 3 N–H and O–H groups in total. The molecule has 104 valence electrons. The molecule has 0 saturated heterocycles. The molecule has 0 aromatic heterocycles. The number of anilines is 1. The van der Waals surface area contributed by atoms with E-state index in [0.717, 1.165) is 5.56 Å². The van der Waals surface area contributed by atoms with E-state index >= 15 is 0 Å². The second-order valence-corrected chi connectivity index (χ2v) is 4.74. The van der Waals surface area contributed by atoms with Gasteiger partial charge in [-0.05, 0) is 37.6 Å². The number of hydrogen-bond acceptors (Lipinski definition) is 2. The Morgan fingerprint density at radius 2 is 1.90 bits per heavy atom. The highest BCUT2D eigenvalue weighted by Crippen LogP contribution is 2.19. The molecule has 3 nitrogen and oxygen atoms in total. The fourth-order valence-electron chi connectivity index (χ4n) is 2.08. The Labute approximate surface area is 117 Å². The van der Waals surface area contributed by atoms with Crippen LogP contribution in [0.3, 0.4) is 0 Å². The minimum atomic E-state index is -0.412. The molecule has 4 heteroatoms. The summed E-state index contributed by atoms with van der Waals surface area (Å²) in [5.41, 5.74) is 8.05. The van der Waals surface area contributed by atoms with Crippen LogP contribution >= 0.6 is 0 Å². The van der Waals surface area contributed by atoms with Gasteiger partial charge in [-0.1, -0.05) is 24.3 Å². The van der Waals surface area contributed by atoms with Crippen LogP contribution in [-0.2, 0) is 0 Å². The highest BCUT2D eigenvalue weighted by Gasteiger charge is 2.16. The van der Waals surface area contributed by atoms with Crippen molar-refractivity contribution < 1.29 is 9.18 Å². The largest absolute Gasteiger partial charge is 0.398 e. The number of carbonyl (C=O) groups excluding carboxylic acids is 1. The van der Waals surface area contributed by atoms with Crippen molar-refractivity contribution >= 4 is 11.6 Å². The van der Waals surface area contributed by atoms with Crippen molar-refractivity contribution in [1.29, 1.82) is 0 Å². The number of nitrogens with one attached hydrogen (secondary N) is 1. The molecule has 2 rings (SSSR count). The molecule has 0 fully saturated rings. The quantitative estimate of drug-likeness (QED) is 0.843. The van der Waals surface area contributed by atoms with E-state index in [2.05, 4.69) is 5.32 Å². The van der Waals surface area contributed by atoms with Gasteiger partial charge in [-0.15, -0.1) is 0 Å². The standard InChI is InChI=1S/C16H17FN2O/c1-10-12(7-5-9-15(10)18)16(20)19-11(2)13-6-3-4-8-14(13)17/h3-9,11H,18H2,1-2H3,(H,19,20)/t11-/m1/s1. The Balaban J connectivity index is 2.20. The Morgan fingerprint density at radius 1 is 1.20 bits per heavy atom. The highest BCUT2D eigenvalue weighted by molar-refractivity contribution is 5.97. The smallest absolute Gasteiger partial charge is 0.252 e. The third-order valence-corrected chi connectivity index (χ3v) is 3.34. The lowest BCUT2D eigenvalue weighted by atomic mass is 10.0. The average Bonchev–Trinajstić information content (AvgIpc) is 2.42. The molecule has 0 aliphatic rings. The summed E-state index contributed by atoms with van der Waals surface area (Å²) in [4.78, 5) is 12.2. The van der Waals surface area contributed by atoms with E-state index in [-0.39, 0.29) is 11.7 Å². The van der Waals surface area contributed by atoms with Gasteiger partial charge in [-0.25, -0.2) is 4.39 Å². The first-order chi connectivity index (χ1) is 9.50. The Morgan fingerprint density at radius 3 is 2.60 bits per heavy atom. The fourth-order valence-corrected chi connectivity index (χ4v) is 2.08. The molecule has 0 unspecified atom stereocenters. The predicted molar refractivity (Wildman–Crippen MR) is 77.9 cm³/mol. The van der Waals surface area contributed by atoms with Crippen molar-refractivity contribution in [3.05, 3.63) is 65.0 Å². The molecular weight excluding hydrogens is 255 g/mol. The SMILES string of the molecule is Cc1c(N)cccc1C(=O)N[C@H](C)c1ccccc1F. The van der Waals surface area contributed by atoms with E-state index in [1.165, 1.54) is 6.07 Å². The maximum absolute atomic E-state index is 13.7. The molecule has 20 heavy (non-hydrogen) atoms. The molecule has 2 aromatic carbocycles. The summed E-state index contributed by atoms with van der Waals surface area (Å²) in [6.07, 6.45) is 0. The molecule has 1 amide bonds. The van der Waals surface area contributed by atoms with E-state index in [9.17, 15) is 9.18 Å². The zero-order valence-corrected chi connectivity index (χ0v) is 11.5. The van der Waals surface area contributed by atoms with Gasteiger partial charge in [0, 0.05) is 16.8 Å². The second-order valence-electron chi connectivity index (χ2n) is 4.74. The van der Waals surface area contributed by atoms with Gasteiger partial charge in [0.05, 0.1) is 6.04 Å². The van der Waals surface area contributed by atoms with Gasteiger partial charge in [-0.3, -0.25) is 4.79 Å². The minimum absolute atomic E-state index is 0.259. The monoisotopic (exact) mass is 272 g/mol. The van der Waals surface area contributed by atoms with Gasteiger partial charge in [0.1, 0.15) is 5.82 Å². The topological polar surface area (TPSA) is 55.1 Å². The molecule has 0 aliphatic heterocycles. The van der Waals surface area contributed by atoms with Crippen molar-refractivity contribution in [2.75, 3.05) is 5.73 Å². The predicted octanol–water partition coefficient (Wildman–Crippen LogP) is 3.21. The zero-order valence-electron chi connectivity index (χ0n) is 11.5. The molecule has 0 spiro atoms. The summed E-state index contributed by atoms with van der Waals surface area (Å²) < 4.78 is 13.7. The lowest BCUT2D eigenvalue weighted by Crippen LogP contribution is -2.28. The number of carbonyl (C=O) groups is 1. The lowest BCUT2D eigenvalue weighted by molar-refractivity contribution is 0.0939. The fraction of sp³-hybridized carbons (Fsp3) is 0.188. The van der Waals surface area contributed by atoms with Crippen molar-refractivity contribution in [2.45, 2.75) is 19.9 Å². The average molecular weight is 272 g/mol. The zero-order chi connectivity index (χ0) is 14.7. The van der Waals surface area contributed by atoms with Crippen LogP contribution in [0.4, 0.5) is 10.1 Å². The van der Waals surface area contributed by atoms with Crippen LogP contribution in [0.5, 0.6) is 0 Å². The first-order valence-corrected chi connectivity index (χ1v) is 6.41. The Kier molecular flexibility index (Phi) is 4.03. The number of benzene rings is 2. The summed E-state index contributed by atoms with van der Waals surface area (Å²) in [6.45, 7) is 3.54. The van der Waals surface area contributed by atoms with Gasteiger partial charge >= 0.3 is 0 Å². The van der Waals surface area contributed by atoms with Gasteiger partial charge in [0.15, 0.2) is 0 Å². The summed E-state index contributed by atoms with van der Waals surface area (Å²) in [7, 11) is 0. The van der Waals surface area contributed by atoms with Crippen LogP contribution in [0.15, 0.2) is 42.5 Å². The molecule has 0 radical (unpaired) electrons. The van der Waals surface area contributed by atoms with E-state index in [1.54, 1.807) is 50.2 Å². The van der Waals surface area contributed by atoms with E-state index in [1.807, 2.05) is 0 Å². The number of nitrogen functional groups attached to an aromatic ring is 1. The van der Waals surface area contributed by atoms with Crippen molar-refractivity contribution in [2.24, 2.45) is 0 Å². The summed E-state index contributed by atoms with van der Waals surface area (Å²) >= 11 is 0. The maximum Gasteiger partial charge on any atom is 0.252 e. The molecule has 0 heterocycles. The van der Waals surface area contributed by atoms with E-state index in [0.29, 0.717) is 16.8 Å². The van der Waals surface area contributed by atoms with Gasteiger partial charge in [0.25, 0.3) is 5.91 Å². The molecule has 0 aliphatic carbocycles. The molecule has 0 bridgehead atoms. The van der Waals surface area contributed by atoms with Crippen molar-refractivity contribution in [3.63, 3.8) is 0 Å². The van der Waals surface area contributed by atoms with E-state index in [4.69, 9.17) is 5.73 Å². The second kappa shape index (κ2) is 5.74. The first-order valence-electron chi connectivity index (χ1n) is 6.41. The van der Waals surface area contributed by atoms with Crippen LogP contribution in [0, 0.1) is 12.7 Å². The van der Waals surface area contributed by atoms with Crippen LogP contribution in [0.1, 0.15) is 34.5 Å². The highest BCUT2D eigenvalue weighted by atomic mass is 19.1. The number of halogens is 1. The van der Waals surface area contributed by atoms with Crippen LogP contribution in [-0.4, -0.2) is 5.91 Å². The van der Waals surface area contributed by atoms with Crippen molar-refractivity contribution in [3.8, 4) is 0 Å². The van der Waals surface area contributed by atoms with E-state index < -0.39 is 6.04 Å². The molecule has 0 saturated carbocycles. The third kappa shape index (κ3) is 2.79. The van der Waals surface area contributed by atoms with Gasteiger partial charge in [0.2, 0.25) is 0 Å². The number of rotatable bonds is 3. The minimum Gasteiger partial charge on any atom is -0.398 e. The molecule has 1 atom stereocenters. The number of hydrogen-bond donors (Lipinski definition) is 2. The van der Waals surface area contributed by atoms with Crippen LogP contribution in [0.25, 0.3) is 0 Å². The Hall–Kier alpha value is -2.36. The van der Waals surface area contributed by atoms with Crippen molar-refractivity contribution in [1.82, 2.24) is 5.32 Å².